The third-order valence-electron chi connectivity index (χ3n) is 3.78. The van der Waals surface area contributed by atoms with E-state index in [9.17, 15) is 13.5 Å². The van der Waals surface area contributed by atoms with Crippen LogP contribution in [-0.4, -0.2) is 30.4 Å². The van der Waals surface area contributed by atoms with E-state index in [0.29, 0.717) is 11.4 Å². The number of hydrogen-bond donors (Lipinski definition) is 2. The summed E-state index contributed by atoms with van der Waals surface area (Å²) in [5.74, 6) is 0.764. The zero-order valence-corrected chi connectivity index (χ0v) is 16.7. The molecular weight excluding hydrogens is 469 g/mol. The Morgan fingerprint density at radius 3 is 2.42 bits per heavy atom. The van der Waals surface area contributed by atoms with E-state index in [1.807, 2.05) is 18.2 Å². The SMILES string of the molecule is COc1ccc(-c2cc(CO)nn2-c2ccc(S(N)(=O)=O)cc2)cc1I. The van der Waals surface area contributed by atoms with Crippen LogP contribution in [0, 0.1) is 3.57 Å². The number of nitrogens with two attached hydrogens (primary N) is 1. The third-order valence-corrected chi connectivity index (χ3v) is 5.55. The van der Waals surface area contributed by atoms with E-state index >= 15 is 0 Å². The summed E-state index contributed by atoms with van der Waals surface area (Å²) in [6, 6.07) is 13.6. The van der Waals surface area contributed by atoms with Gasteiger partial charge in [0.1, 0.15) is 5.75 Å². The molecule has 0 amide bonds. The molecule has 0 aliphatic heterocycles. The Hall–Kier alpha value is -1.95. The van der Waals surface area contributed by atoms with Gasteiger partial charge >= 0.3 is 0 Å². The lowest BCUT2D eigenvalue weighted by Gasteiger charge is -2.10. The predicted molar refractivity (Wildman–Crippen MR) is 106 cm³/mol. The molecule has 1 aromatic heterocycles. The number of sulfonamides is 1. The van der Waals surface area contributed by atoms with Gasteiger partial charge in [0.2, 0.25) is 10.0 Å². The minimum absolute atomic E-state index is 0.0244. The van der Waals surface area contributed by atoms with Crippen molar-refractivity contribution in [3.63, 3.8) is 0 Å². The van der Waals surface area contributed by atoms with E-state index in [4.69, 9.17) is 9.88 Å². The van der Waals surface area contributed by atoms with Crippen LogP contribution in [-0.2, 0) is 16.6 Å². The van der Waals surface area contributed by atoms with E-state index < -0.39 is 10.0 Å². The molecule has 0 fully saturated rings. The summed E-state index contributed by atoms with van der Waals surface area (Å²) in [5.41, 5.74) is 2.80. The van der Waals surface area contributed by atoms with Crippen LogP contribution in [0.3, 0.4) is 0 Å². The maximum atomic E-state index is 11.4. The fourth-order valence-corrected chi connectivity index (χ4v) is 3.76. The van der Waals surface area contributed by atoms with Crippen LogP contribution in [0.2, 0.25) is 0 Å². The molecule has 0 radical (unpaired) electrons. The highest BCUT2D eigenvalue weighted by molar-refractivity contribution is 14.1. The van der Waals surface area contributed by atoms with Gasteiger partial charge in [0.25, 0.3) is 0 Å². The van der Waals surface area contributed by atoms with Gasteiger partial charge in [-0.25, -0.2) is 18.2 Å². The first-order chi connectivity index (χ1) is 12.3. The number of rotatable bonds is 5. The van der Waals surface area contributed by atoms with Crippen LogP contribution >= 0.6 is 22.6 Å². The topological polar surface area (TPSA) is 107 Å². The lowest BCUT2D eigenvalue weighted by atomic mass is 10.1. The van der Waals surface area contributed by atoms with E-state index in [0.717, 1.165) is 20.6 Å². The summed E-state index contributed by atoms with van der Waals surface area (Å²) in [4.78, 5) is 0.0244. The Morgan fingerprint density at radius 2 is 1.88 bits per heavy atom. The number of aliphatic hydroxyl groups is 1. The Bertz CT molecular complexity index is 1050. The summed E-state index contributed by atoms with van der Waals surface area (Å²) in [6.07, 6.45) is 0. The van der Waals surface area contributed by atoms with Gasteiger partial charge in [-0.2, -0.15) is 5.10 Å². The second-order valence-corrected chi connectivity index (χ2v) is 8.20. The van der Waals surface area contributed by atoms with Crippen molar-refractivity contribution in [2.24, 2.45) is 5.14 Å². The van der Waals surface area contributed by atoms with Crippen molar-refractivity contribution < 1.29 is 18.3 Å². The smallest absolute Gasteiger partial charge is 0.238 e. The lowest BCUT2D eigenvalue weighted by Crippen LogP contribution is -2.12. The van der Waals surface area contributed by atoms with Crippen LogP contribution in [0.5, 0.6) is 5.75 Å². The molecule has 3 N–H and O–H groups in total. The van der Waals surface area contributed by atoms with Gasteiger partial charge in [-0.3, -0.25) is 0 Å². The van der Waals surface area contributed by atoms with E-state index in [1.165, 1.54) is 12.1 Å². The fourth-order valence-electron chi connectivity index (χ4n) is 2.51. The molecule has 0 saturated heterocycles. The molecule has 0 unspecified atom stereocenters. The highest BCUT2D eigenvalue weighted by Gasteiger charge is 2.14. The largest absolute Gasteiger partial charge is 0.496 e. The number of nitrogens with zero attached hydrogens (tertiary/aromatic N) is 2. The molecule has 0 atom stereocenters. The highest BCUT2D eigenvalue weighted by atomic mass is 127. The minimum atomic E-state index is -3.76. The van der Waals surface area contributed by atoms with Crippen LogP contribution < -0.4 is 9.88 Å². The van der Waals surface area contributed by atoms with Gasteiger partial charge < -0.3 is 9.84 Å². The zero-order valence-electron chi connectivity index (χ0n) is 13.8. The normalized spacial score (nSPS) is 11.5. The van der Waals surface area contributed by atoms with Crippen LogP contribution in [0.4, 0.5) is 0 Å². The van der Waals surface area contributed by atoms with E-state index in [2.05, 4.69) is 27.7 Å². The molecule has 1 heterocycles. The molecule has 26 heavy (non-hydrogen) atoms. The Kier molecular flexibility index (Phi) is 5.32. The molecule has 7 nitrogen and oxygen atoms in total. The molecule has 0 saturated carbocycles. The second kappa shape index (κ2) is 7.35. The van der Waals surface area contributed by atoms with Gasteiger partial charge in [0.05, 0.1) is 39.3 Å². The average molecular weight is 485 g/mol. The number of ether oxygens (including phenoxy) is 1. The molecule has 0 spiro atoms. The number of hydrogen-bond acceptors (Lipinski definition) is 5. The Morgan fingerprint density at radius 1 is 1.19 bits per heavy atom. The first-order valence-electron chi connectivity index (χ1n) is 7.50. The summed E-state index contributed by atoms with van der Waals surface area (Å²) in [5, 5.41) is 19.0. The molecule has 3 aromatic rings. The quantitative estimate of drug-likeness (QED) is 0.540. The third kappa shape index (κ3) is 3.75. The lowest BCUT2D eigenvalue weighted by molar-refractivity contribution is 0.276. The highest BCUT2D eigenvalue weighted by Crippen LogP contribution is 2.30. The van der Waals surface area contributed by atoms with Gasteiger partial charge in [0.15, 0.2) is 0 Å². The number of aromatic nitrogens is 2. The van der Waals surface area contributed by atoms with E-state index in [-0.39, 0.29) is 11.5 Å². The van der Waals surface area contributed by atoms with Crippen molar-refractivity contribution in [1.82, 2.24) is 9.78 Å². The van der Waals surface area contributed by atoms with Crippen molar-refractivity contribution in [2.45, 2.75) is 11.5 Å². The Labute approximate surface area is 164 Å². The van der Waals surface area contributed by atoms with Gasteiger partial charge in [0, 0.05) is 5.56 Å². The molecule has 3 rings (SSSR count). The molecule has 0 aliphatic rings. The first-order valence-corrected chi connectivity index (χ1v) is 10.1. The Balaban J connectivity index is 2.11. The molecule has 2 aromatic carbocycles. The average Bonchev–Trinajstić information content (AvgIpc) is 3.05. The molecule has 136 valence electrons. The number of aliphatic hydroxyl groups excluding tert-OH is 1. The van der Waals surface area contributed by atoms with Gasteiger partial charge in [-0.1, -0.05) is 0 Å². The molecule has 0 bridgehead atoms. The number of methoxy groups -OCH3 is 1. The van der Waals surface area contributed by atoms with Gasteiger partial charge in [-0.15, -0.1) is 0 Å². The standard InChI is InChI=1S/C17H16IN3O4S/c1-25-17-7-2-11(8-15(17)18)16-9-12(10-22)20-21(16)13-3-5-14(6-4-13)26(19,23)24/h2-9,22H,10H2,1H3,(H2,19,23,24). The van der Waals surface area contributed by atoms with Crippen molar-refractivity contribution in [3.8, 4) is 22.7 Å². The van der Waals surface area contributed by atoms with Gasteiger partial charge in [-0.05, 0) is 71.1 Å². The number of halogens is 1. The summed E-state index contributed by atoms with van der Waals surface area (Å²) in [7, 11) is -2.15. The van der Waals surface area contributed by atoms with Crippen LogP contribution in [0.15, 0.2) is 53.4 Å². The fraction of sp³-hybridized carbons (Fsp3) is 0.118. The van der Waals surface area contributed by atoms with Crippen molar-refractivity contribution >= 4 is 32.6 Å². The maximum absolute atomic E-state index is 11.4. The van der Waals surface area contributed by atoms with Crippen molar-refractivity contribution in [1.29, 1.82) is 0 Å². The summed E-state index contributed by atoms with van der Waals surface area (Å²) < 4.78 is 30.7. The zero-order chi connectivity index (χ0) is 18.9. The van der Waals surface area contributed by atoms with E-state index in [1.54, 1.807) is 30.0 Å². The van der Waals surface area contributed by atoms with Crippen LogP contribution in [0.25, 0.3) is 16.9 Å². The number of primary sulfonamides is 1. The first kappa shape index (κ1) is 18.8. The minimum Gasteiger partial charge on any atom is -0.496 e. The summed E-state index contributed by atoms with van der Waals surface area (Å²) in [6.45, 7) is -0.206. The second-order valence-electron chi connectivity index (χ2n) is 5.48. The molecule has 0 aliphatic carbocycles. The van der Waals surface area contributed by atoms with Crippen molar-refractivity contribution in [3.05, 3.63) is 57.8 Å². The number of benzene rings is 2. The maximum Gasteiger partial charge on any atom is 0.238 e. The summed E-state index contributed by atoms with van der Waals surface area (Å²) >= 11 is 2.18. The van der Waals surface area contributed by atoms with Crippen molar-refractivity contribution in [2.75, 3.05) is 7.11 Å². The van der Waals surface area contributed by atoms with Crippen LogP contribution in [0.1, 0.15) is 5.69 Å². The predicted octanol–water partition coefficient (Wildman–Crippen LogP) is 2.29. The monoisotopic (exact) mass is 485 g/mol. The molecule has 9 heteroatoms. The molecular formula is C17H16IN3O4S.